The van der Waals surface area contributed by atoms with Gasteiger partial charge >= 0.3 is 0 Å². The highest BCUT2D eigenvalue weighted by molar-refractivity contribution is 5.99. The molecule has 2 aliphatic carbocycles. The van der Waals surface area contributed by atoms with E-state index in [2.05, 4.69) is 68.4 Å². The van der Waals surface area contributed by atoms with Crippen LogP contribution in [0.2, 0.25) is 0 Å². The van der Waals surface area contributed by atoms with E-state index < -0.39 is 0 Å². The van der Waals surface area contributed by atoms with Crippen molar-refractivity contribution in [2.24, 2.45) is 5.92 Å². The van der Waals surface area contributed by atoms with E-state index in [-0.39, 0.29) is 12.5 Å². The van der Waals surface area contributed by atoms with Gasteiger partial charge in [0.2, 0.25) is 5.88 Å². The minimum Gasteiger partial charge on any atom is -0.466 e. The number of pyridine rings is 1. The molecule has 1 aliphatic heterocycles. The number of rotatable bonds is 7. The number of carbonyl (C=O) groups excluding carboxylic acids is 1. The lowest BCUT2D eigenvalue weighted by molar-refractivity contribution is -0.121. The lowest BCUT2D eigenvalue weighted by Gasteiger charge is -2.44. The molecule has 0 N–H and O–H groups in total. The minimum absolute atomic E-state index is 0.0242. The van der Waals surface area contributed by atoms with Crippen molar-refractivity contribution < 1.29 is 9.53 Å². The van der Waals surface area contributed by atoms with Crippen LogP contribution in [0.15, 0.2) is 60.7 Å². The Kier molecular flexibility index (Phi) is 5.63. The molecule has 1 aromatic heterocycles. The van der Waals surface area contributed by atoms with E-state index in [4.69, 9.17) is 9.72 Å². The van der Waals surface area contributed by atoms with Crippen LogP contribution >= 0.6 is 0 Å². The molecule has 1 radical (unpaired) electrons. The van der Waals surface area contributed by atoms with E-state index in [9.17, 15) is 4.79 Å². The molecule has 1 amide bonds. The second kappa shape index (κ2) is 8.82. The lowest BCUT2D eigenvalue weighted by atomic mass is 9.61. The van der Waals surface area contributed by atoms with Gasteiger partial charge in [-0.15, -0.1) is 0 Å². The molecule has 4 nitrogen and oxygen atoms in total. The Morgan fingerprint density at radius 2 is 1.77 bits per heavy atom. The highest BCUT2D eigenvalue weighted by Crippen LogP contribution is 2.49. The second-order valence-corrected chi connectivity index (χ2v) is 10.9. The van der Waals surface area contributed by atoms with Crippen molar-refractivity contribution in [1.82, 2.24) is 4.98 Å². The predicted octanol–water partition coefficient (Wildman–Crippen LogP) is 6.98. The fourth-order valence-electron chi connectivity index (χ4n) is 5.77. The van der Waals surface area contributed by atoms with Gasteiger partial charge in [0, 0.05) is 17.7 Å². The van der Waals surface area contributed by atoms with Crippen LogP contribution in [0.25, 0.3) is 22.4 Å². The maximum atomic E-state index is 12.7. The van der Waals surface area contributed by atoms with Crippen molar-refractivity contribution in [3.8, 4) is 28.3 Å². The standard InChI is InChI=1S/C31H33N2O2/c1-21(2)18-31(15-6-16-31)25-13-11-24(12-14-25)29-26(23-7-4-3-5-8-23)17-27-30(32-29)35-20-28(34)33(27)19-22-9-10-22/h3-5,7-8,11-14,17,22H,6,9-10,15-16,18-20H2,1-2H3. The Morgan fingerprint density at radius 1 is 1.03 bits per heavy atom. The van der Waals surface area contributed by atoms with E-state index in [1.54, 1.807) is 0 Å². The number of amides is 1. The largest absolute Gasteiger partial charge is 0.466 e. The Labute approximate surface area is 208 Å². The zero-order valence-electron chi connectivity index (χ0n) is 20.7. The fraction of sp³-hybridized carbons (Fsp3) is 0.387. The monoisotopic (exact) mass is 465 g/mol. The van der Waals surface area contributed by atoms with Crippen molar-refractivity contribution in [2.45, 2.75) is 57.8 Å². The molecule has 4 heteroatoms. The molecule has 35 heavy (non-hydrogen) atoms. The molecule has 0 spiro atoms. The third kappa shape index (κ3) is 4.24. The third-order valence-corrected chi connectivity index (χ3v) is 7.89. The Morgan fingerprint density at radius 3 is 2.40 bits per heavy atom. The number of fused-ring (bicyclic) bond motifs is 1. The molecule has 2 aromatic carbocycles. The van der Waals surface area contributed by atoms with Gasteiger partial charge in [-0.1, -0.05) is 74.9 Å². The van der Waals surface area contributed by atoms with Crippen molar-refractivity contribution in [3.63, 3.8) is 0 Å². The average Bonchev–Trinajstić information content (AvgIpc) is 3.67. The first-order valence-electron chi connectivity index (χ1n) is 13.0. The average molecular weight is 466 g/mol. The van der Waals surface area contributed by atoms with Crippen molar-refractivity contribution in [1.29, 1.82) is 0 Å². The summed E-state index contributed by atoms with van der Waals surface area (Å²) >= 11 is 0. The minimum atomic E-state index is 0.0242. The van der Waals surface area contributed by atoms with Crippen LogP contribution in [0.3, 0.4) is 0 Å². The van der Waals surface area contributed by atoms with E-state index in [1.807, 2.05) is 11.0 Å². The number of carbonyl (C=O) groups is 1. The zero-order chi connectivity index (χ0) is 24.0. The zero-order valence-corrected chi connectivity index (χ0v) is 20.7. The van der Waals surface area contributed by atoms with E-state index in [0.29, 0.717) is 17.2 Å². The first kappa shape index (κ1) is 22.3. The van der Waals surface area contributed by atoms with E-state index in [1.165, 1.54) is 43.6 Å². The van der Waals surface area contributed by atoms with Gasteiger partial charge in [-0.25, -0.2) is 4.98 Å². The highest BCUT2D eigenvalue weighted by atomic mass is 16.5. The molecule has 0 bridgehead atoms. The van der Waals surface area contributed by atoms with Gasteiger partial charge in [0.25, 0.3) is 5.91 Å². The van der Waals surface area contributed by atoms with Crippen molar-refractivity contribution in [3.05, 3.63) is 72.1 Å². The summed E-state index contributed by atoms with van der Waals surface area (Å²) in [5.74, 6) is 2.69. The van der Waals surface area contributed by atoms with Gasteiger partial charge in [0.05, 0.1) is 5.69 Å². The Balaban J connectivity index is 1.42. The predicted molar refractivity (Wildman–Crippen MR) is 140 cm³/mol. The van der Waals surface area contributed by atoms with E-state index in [0.717, 1.165) is 41.0 Å². The molecule has 179 valence electrons. The normalized spacial score (nSPS) is 18.7. The summed E-state index contributed by atoms with van der Waals surface area (Å²) in [6.45, 7) is 5.31. The van der Waals surface area contributed by atoms with E-state index >= 15 is 0 Å². The maximum Gasteiger partial charge on any atom is 0.265 e. The Bertz CT molecular complexity index is 1220. The number of hydrogen-bond acceptors (Lipinski definition) is 3. The molecule has 6 rings (SSSR count). The number of anilines is 1. The lowest BCUT2D eigenvalue weighted by Crippen LogP contribution is -2.40. The molecular weight excluding hydrogens is 432 g/mol. The van der Waals surface area contributed by atoms with Crippen LogP contribution < -0.4 is 9.64 Å². The highest BCUT2D eigenvalue weighted by Gasteiger charge is 2.39. The summed E-state index contributed by atoms with van der Waals surface area (Å²) in [4.78, 5) is 19.7. The molecule has 3 aliphatic rings. The number of ether oxygens (including phenoxy) is 1. The van der Waals surface area contributed by atoms with Crippen LogP contribution in [0.5, 0.6) is 5.88 Å². The molecule has 2 fully saturated rings. The molecule has 0 atom stereocenters. The van der Waals surface area contributed by atoms with Crippen molar-refractivity contribution >= 4 is 11.6 Å². The molecule has 0 saturated heterocycles. The number of hydrogen-bond donors (Lipinski definition) is 0. The number of aromatic nitrogens is 1. The maximum absolute atomic E-state index is 12.7. The second-order valence-electron chi connectivity index (χ2n) is 10.9. The first-order chi connectivity index (χ1) is 17.0. The van der Waals surface area contributed by atoms with Gasteiger partial charge in [-0.05, 0) is 66.5 Å². The van der Waals surface area contributed by atoms with Gasteiger partial charge in [0.1, 0.15) is 5.69 Å². The van der Waals surface area contributed by atoms with Crippen LogP contribution in [0.4, 0.5) is 5.69 Å². The van der Waals surface area contributed by atoms with Gasteiger partial charge in [0.15, 0.2) is 6.61 Å². The summed E-state index contributed by atoms with van der Waals surface area (Å²) in [7, 11) is 0. The topological polar surface area (TPSA) is 42.4 Å². The fourth-order valence-corrected chi connectivity index (χ4v) is 5.77. The van der Waals surface area contributed by atoms with Gasteiger partial charge in [-0.3, -0.25) is 4.79 Å². The quantitative estimate of drug-likeness (QED) is 0.378. The summed E-state index contributed by atoms with van der Waals surface area (Å²) in [6.07, 6.45) is 7.40. The number of benzene rings is 2. The van der Waals surface area contributed by atoms with Crippen molar-refractivity contribution in [2.75, 3.05) is 18.1 Å². The summed E-state index contributed by atoms with van der Waals surface area (Å²) in [5, 5.41) is 0. The van der Waals surface area contributed by atoms with Gasteiger partial charge < -0.3 is 9.64 Å². The SMILES string of the molecule is C[C](C)CC1(c2ccc(-c3nc4c(cc3-c3ccccc3)N(CC3CC3)C(=O)CO4)cc2)CCC1. The summed E-state index contributed by atoms with van der Waals surface area (Å²) < 4.78 is 5.86. The van der Waals surface area contributed by atoms with Crippen LogP contribution in [-0.4, -0.2) is 24.0 Å². The number of nitrogens with zero attached hydrogens (tertiary/aromatic N) is 2. The smallest absolute Gasteiger partial charge is 0.265 e. The first-order valence-corrected chi connectivity index (χ1v) is 13.0. The summed E-state index contributed by atoms with van der Waals surface area (Å²) in [5.41, 5.74) is 6.65. The van der Waals surface area contributed by atoms with Crippen LogP contribution in [0.1, 0.15) is 57.9 Å². The third-order valence-electron chi connectivity index (χ3n) is 7.89. The van der Waals surface area contributed by atoms with Crippen LogP contribution in [-0.2, 0) is 10.2 Å². The Hall–Kier alpha value is -3.14. The molecule has 2 saturated carbocycles. The summed E-state index contributed by atoms with van der Waals surface area (Å²) in [6, 6.07) is 21.5. The van der Waals surface area contributed by atoms with Crippen LogP contribution in [0, 0.1) is 11.8 Å². The molecule has 0 unspecified atom stereocenters. The molecular formula is C31H33N2O2. The van der Waals surface area contributed by atoms with Gasteiger partial charge in [-0.2, -0.15) is 0 Å². The molecule has 3 aromatic rings. The molecule has 2 heterocycles.